The minimum absolute atomic E-state index is 0.0103. The molecule has 0 radical (unpaired) electrons. The predicted molar refractivity (Wildman–Crippen MR) is 122 cm³/mol. The van der Waals surface area contributed by atoms with E-state index in [9.17, 15) is 22.8 Å². The van der Waals surface area contributed by atoms with Crippen LogP contribution in [0.1, 0.15) is 21.8 Å². The lowest BCUT2D eigenvalue weighted by atomic mass is 10.1. The van der Waals surface area contributed by atoms with Crippen LogP contribution >= 0.6 is 11.8 Å². The number of nitrogens with zero attached hydrogens (tertiary/aromatic N) is 2. The summed E-state index contributed by atoms with van der Waals surface area (Å²) in [5.74, 6) is -0.181. The van der Waals surface area contributed by atoms with E-state index in [2.05, 4.69) is 20.8 Å². The summed E-state index contributed by atoms with van der Waals surface area (Å²) in [5.41, 5.74) is -0.621. The third kappa shape index (κ3) is 6.81. The van der Waals surface area contributed by atoms with Crippen LogP contribution in [0.3, 0.4) is 0 Å². The van der Waals surface area contributed by atoms with E-state index >= 15 is 0 Å². The Bertz CT molecular complexity index is 1210. The van der Waals surface area contributed by atoms with E-state index in [1.165, 1.54) is 45.6 Å². The number of halogens is 3. The van der Waals surface area contributed by atoms with Gasteiger partial charge in [0.25, 0.3) is 11.1 Å². The maximum absolute atomic E-state index is 12.8. The highest BCUT2D eigenvalue weighted by Gasteiger charge is 2.30. The number of carbonyl (C=O) groups excluding carboxylic acids is 2. The second kappa shape index (κ2) is 11.7. The Morgan fingerprint density at radius 1 is 1.03 bits per heavy atom. The lowest BCUT2D eigenvalue weighted by Crippen LogP contribution is -2.23. The van der Waals surface area contributed by atoms with Crippen LogP contribution in [-0.2, 0) is 17.5 Å². The van der Waals surface area contributed by atoms with Gasteiger partial charge in [-0.05, 0) is 30.3 Å². The number of rotatable bonds is 10. The fourth-order valence-electron chi connectivity index (χ4n) is 2.94. The maximum Gasteiger partial charge on any atom is 0.416 e. The van der Waals surface area contributed by atoms with Crippen LogP contribution < -0.4 is 24.8 Å². The normalized spacial score (nSPS) is 11.1. The molecule has 1 heterocycles. The van der Waals surface area contributed by atoms with E-state index in [1.807, 2.05) is 0 Å². The van der Waals surface area contributed by atoms with Crippen molar-refractivity contribution < 1.29 is 41.4 Å². The van der Waals surface area contributed by atoms with Gasteiger partial charge in [-0.2, -0.15) is 13.2 Å². The lowest BCUT2D eigenvalue weighted by Gasteiger charge is -2.13. The van der Waals surface area contributed by atoms with Crippen molar-refractivity contribution in [2.75, 3.05) is 32.4 Å². The minimum atomic E-state index is -4.52. The topological polar surface area (TPSA) is 125 Å². The average molecular weight is 526 g/mol. The van der Waals surface area contributed by atoms with Gasteiger partial charge in [0.1, 0.15) is 0 Å². The van der Waals surface area contributed by atoms with E-state index < -0.39 is 23.6 Å². The standard InChI is InChI=1S/C22H21F3N4O6S/c1-32-15-7-12(8-16(33-2)19(15)34-3)20(31)26-10-18-28-29-21(35-18)36-11-17(30)27-14-6-4-5-13(9-14)22(23,24)25/h4-9H,10-11H2,1-3H3,(H,26,31)(H,27,30). The van der Waals surface area contributed by atoms with Crippen LogP contribution in [0.15, 0.2) is 46.0 Å². The zero-order valence-electron chi connectivity index (χ0n) is 19.3. The van der Waals surface area contributed by atoms with Crippen molar-refractivity contribution in [2.45, 2.75) is 17.9 Å². The molecule has 0 spiro atoms. The molecule has 0 fully saturated rings. The van der Waals surface area contributed by atoms with E-state index in [4.69, 9.17) is 18.6 Å². The highest BCUT2D eigenvalue weighted by atomic mass is 32.2. The highest BCUT2D eigenvalue weighted by Crippen LogP contribution is 2.38. The Morgan fingerprint density at radius 3 is 2.33 bits per heavy atom. The van der Waals surface area contributed by atoms with Gasteiger partial charge in [0.05, 0.1) is 39.2 Å². The molecular weight excluding hydrogens is 505 g/mol. The van der Waals surface area contributed by atoms with Gasteiger partial charge in [0.2, 0.25) is 17.5 Å². The van der Waals surface area contributed by atoms with Crippen LogP contribution in [0.25, 0.3) is 0 Å². The Kier molecular flexibility index (Phi) is 8.64. The Hall–Kier alpha value is -3.94. The summed E-state index contributed by atoms with van der Waals surface area (Å²) in [5, 5.41) is 12.6. The number of benzene rings is 2. The number of anilines is 1. The van der Waals surface area contributed by atoms with Crippen molar-refractivity contribution >= 4 is 29.3 Å². The first-order valence-corrected chi connectivity index (χ1v) is 11.1. The number of amides is 2. The van der Waals surface area contributed by atoms with Crippen LogP contribution in [0.4, 0.5) is 18.9 Å². The monoisotopic (exact) mass is 526 g/mol. The molecule has 0 aliphatic carbocycles. The number of methoxy groups -OCH3 is 3. The van der Waals surface area contributed by atoms with Crippen LogP contribution in [0.2, 0.25) is 0 Å². The Balaban J connectivity index is 1.53. The van der Waals surface area contributed by atoms with Crippen molar-refractivity contribution in [3.8, 4) is 17.2 Å². The van der Waals surface area contributed by atoms with Gasteiger partial charge < -0.3 is 29.3 Å². The average Bonchev–Trinajstić information content (AvgIpc) is 3.32. The fourth-order valence-corrected chi connectivity index (χ4v) is 3.52. The van der Waals surface area contributed by atoms with Gasteiger partial charge >= 0.3 is 6.18 Å². The molecule has 192 valence electrons. The fraction of sp³-hybridized carbons (Fsp3) is 0.273. The zero-order valence-corrected chi connectivity index (χ0v) is 20.1. The molecule has 0 unspecified atom stereocenters. The number of carbonyl (C=O) groups is 2. The minimum Gasteiger partial charge on any atom is -0.493 e. The summed E-state index contributed by atoms with van der Waals surface area (Å²) < 4.78 is 59.5. The predicted octanol–water partition coefficient (Wildman–Crippen LogP) is 3.78. The molecule has 0 saturated heterocycles. The van der Waals surface area contributed by atoms with Crippen molar-refractivity contribution in [1.29, 1.82) is 0 Å². The number of thioether (sulfide) groups is 1. The molecule has 0 bridgehead atoms. The van der Waals surface area contributed by atoms with Gasteiger partial charge in [-0.3, -0.25) is 9.59 Å². The highest BCUT2D eigenvalue weighted by molar-refractivity contribution is 7.99. The van der Waals surface area contributed by atoms with Gasteiger partial charge in [-0.25, -0.2) is 0 Å². The molecule has 2 aromatic carbocycles. The molecule has 2 amide bonds. The molecule has 0 aliphatic rings. The number of alkyl halides is 3. The molecule has 1 aromatic heterocycles. The Morgan fingerprint density at radius 2 is 1.72 bits per heavy atom. The van der Waals surface area contributed by atoms with Crippen LogP contribution in [-0.4, -0.2) is 49.1 Å². The second-order valence-electron chi connectivity index (χ2n) is 6.97. The molecule has 0 saturated carbocycles. The summed E-state index contributed by atoms with van der Waals surface area (Å²) in [4.78, 5) is 24.6. The first-order valence-electron chi connectivity index (χ1n) is 10.1. The van der Waals surface area contributed by atoms with Crippen molar-refractivity contribution in [1.82, 2.24) is 15.5 Å². The first kappa shape index (κ1) is 26.7. The molecule has 2 N–H and O–H groups in total. The van der Waals surface area contributed by atoms with Gasteiger partial charge in [0, 0.05) is 11.3 Å². The summed E-state index contributed by atoms with van der Waals surface area (Å²) in [6.07, 6.45) is -4.52. The van der Waals surface area contributed by atoms with Crippen LogP contribution in [0, 0.1) is 0 Å². The SMILES string of the molecule is COc1cc(C(=O)NCc2nnc(SCC(=O)Nc3cccc(C(F)(F)F)c3)o2)cc(OC)c1OC. The summed E-state index contributed by atoms with van der Waals surface area (Å²) in [6, 6.07) is 7.25. The Labute approximate surface area is 207 Å². The van der Waals surface area contributed by atoms with Crippen molar-refractivity contribution in [3.05, 3.63) is 53.4 Å². The van der Waals surface area contributed by atoms with Gasteiger partial charge in [-0.15, -0.1) is 10.2 Å². The van der Waals surface area contributed by atoms with E-state index in [-0.39, 0.29) is 34.7 Å². The number of ether oxygens (including phenoxy) is 3. The third-order valence-corrected chi connectivity index (χ3v) is 5.39. The van der Waals surface area contributed by atoms with Gasteiger partial charge in [0.15, 0.2) is 11.5 Å². The van der Waals surface area contributed by atoms with Crippen molar-refractivity contribution in [2.24, 2.45) is 0 Å². The molecule has 0 atom stereocenters. The molecule has 3 rings (SSSR count). The summed E-state index contributed by atoms with van der Waals surface area (Å²) in [7, 11) is 4.30. The molecule has 3 aromatic rings. The first-order chi connectivity index (χ1) is 17.1. The van der Waals surface area contributed by atoms with E-state index in [0.29, 0.717) is 17.2 Å². The van der Waals surface area contributed by atoms with Gasteiger partial charge in [-0.1, -0.05) is 17.8 Å². The van der Waals surface area contributed by atoms with Crippen LogP contribution in [0.5, 0.6) is 17.2 Å². The molecule has 36 heavy (non-hydrogen) atoms. The molecule has 14 heteroatoms. The van der Waals surface area contributed by atoms with E-state index in [1.54, 1.807) is 0 Å². The molecular formula is C22H21F3N4O6S. The number of nitrogens with one attached hydrogen (secondary N) is 2. The van der Waals surface area contributed by atoms with Crippen molar-refractivity contribution in [3.63, 3.8) is 0 Å². The number of hydrogen-bond acceptors (Lipinski definition) is 9. The largest absolute Gasteiger partial charge is 0.493 e. The molecule has 10 nitrogen and oxygen atoms in total. The van der Waals surface area contributed by atoms with E-state index in [0.717, 1.165) is 23.9 Å². The zero-order chi connectivity index (χ0) is 26.3. The number of aromatic nitrogens is 2. The molecule has 0 aliphatic heterocycles. The summed E-state index contributed by atoms with van der Waals surface area (Å²) in [6.45, 7) is -0.0977. The lowest BCUT2D eigenvalue weighted by molar-refractivity contribution is -0.137. The maximum atomic E-state index is 12.8. The smallest absolute Gasteiger partial charge is 0.416 e. The quantitative estimate of drug-likeness (QED) is 0.380. The number of hydrogen-bond donors (Lipinski definition) is 2. The second-order valence-corrected chi connectivity index (χ2v) is 7.90. The summed E-state index contributed by atoms with van der Waals surface area (Å²) >= 11 is 0.889. The third-order valence-electron chi connectivity index (χ3n) is 4.58.